The fraction of sp³-hybridized carbons (Fsp3) is 0.817. The lowest BCUT2D eigenvalue weighted by Gasteiger charge is -2.18. The maximum atomic E-state index is 12.8. The maximum Gasteiger partial charge on any atom is 0.306 e. The Hall–Kier alpha value is -2.63. The molecule has 0 saturated heterocycles. The van der Waals surface area contributed by atoms with E-state index in [1.165, 1.54) is 161 Å². The van der Waals surface area contributed by atoms with Crippen molar-refractivity contribution in [2.75, 3.05) is 13.2 Å². The summed E-state index contributed by atoms with van der Waals surface area (Å²) in [5.74, 6) is -0.883. The molecule has 0 heterocycles. The molecule has 0 aromatic rings. The molecule has 66 heavy (non-hydrogen) atoms. The number of ether oxygens (including phenoxy) is 3. The van der Waals surface area contributed by atoms with Gasteiger partial charge in [0.05, 0.1) is 0 Å². The Balaban J connectivity index is 4.35. The molecule has 0 saturated carbocycles. The van der Waals surface area contributed by atoms with Crippen LogP contribution in [0, 0.1) is 0 Å². The van der Waals surface area contributed by atoms with Crippen LogP contribution < -0.4 is 0 Å². The third-order valence-electron chi connectivity index (χ3n) is 12.6. The first-order chi connectivity index (χ1) is 32.5. The Morgan fingerprint density at radius 2 is 0.591 bits per heavy atom. The molecule has 0 N–H and O–H groups in total. The van der Waals surface area contributed by atoms with Crippen molar-refractivity contribution in [3.8, 4) is 0 Å². The van der Waals surface area contributed by atoms with Crippen molar-refractivity contribution in [3.63, 3.8) is 0 Å². The van der Waals surface area contributed by atoms with Gasteiger partial charge < -0.3 is 14.2 Å². The summed E-state index contributed by atoms with van der Waals surface area (Å²) in [5.41, 5.74) is 0. The average molecular weight is 926 g/mol. The minimum atomic E-state index is -0.780. The molecule has 0 rings (SSSR count). The lowest BCUT2D eigenvalue weighted by Crippen LogP contribution is -2.30. The standard InChI is InChI=1S/C60H108O6/c1-4-7-10-13-16-19-22-25-28-29-30-31-33-35-38-41-44-47-50-53-59(62)65-56-57(55-64-58(61)52-49-46-43-40-37-34-27-24-21-18-15-12-9-6-3)66-60(63)54-51-48-45-42-39-36-32-26-23-20-17-14-11-8-5-2/h8,11,17,20,25-26,28,32,57H,4-7,9-10,12-16,18-19,21-24,27,29-31,33-56H2,1-3H3/b11-8-,20-17-,28-25-,32-26-/t57-/m1/s1. The van der Waals surface area contributed by atoms with Gasteiger partial charge in [0.1, 0.15) is 13.2 Å². The second-order valence-corrected chi connectivity index (χ2v) is 19.2. The summed E-state index contributed by atoms with van der Waals surface area (Å²) < 4.78 is 16.9. The number of hydrogen-bond acceptors (Lipinski definition) is 6. The zero-order valence-electron chi connectivity index (χ0n) is 44.0. The number of hydrogen-bond donors (Lipinski definition) is 0. The number of allylic oxidation sites excluding steroid dienone is 8. The first-order valence-corrected chi connectivity index (χ1v) is 28.6. The Bertz CT molecular complexity index is 1150. The summed E-state index contributed by atoms with van der Waals surface area (Å²) in [6.45, 7) is 6.54. The third-order valence-corrected chi connectivity index (χ3v) is 12.6. The Labute approximate surface area is 409 Å². The van der Waals surface area contributed by atoms with Gasteiger partial charge in [0.25, 0.3) is 0 Å². The second kappa shape index (κ2) is 55.0. The zero-order chi connectivity index (χ0) is 47.9. The molecular formula is C60H108O6. The fourth-order valence-corrected chi connectivity index (χ4v) is 8.28. The summed E-state index contributed by atoms with van der Waals surface area (Å²) in [4.78, 5) is 38.1. The fourth-order valence-electron chi connectivity index (χ4n) is 8.28. The molecule has 0 spiro atoms. The molecule has 0 aliphatic heterocycles. The largest absolute Gasteiger partial charge is 0.462 e. The summed E-state index contributed by atoms with van der Waals surface area (Å²) in [7, 11) is 0. The molecule has 0 fully saturated rings. The van der Waals surface area contributed by atoms with E-state index in [0.29, 0.717) is 19.3 Å². The van der Waals surface area contributed by atoms with E-state index in [0.717, 1.165) is 96.3 Å². The van der Waals surface area contributed by atoms with E-state index in [1.54, 1.807) is 0 Å². The van der Waals surface area contributed by atoms with Crippen LogP contribution in [0.15, 0.2) is 48.6 Å². The van der Waals surface area contributed by atoms with E-state index in [2.05, 4.69) is 69.4 Å². The van der Waals surface area contributed by atoms with Gasteiger partial charge in [-0.25, -0.2) is 0 Å². The van der Waals surface area contributed by atoms with Gasteiger partial charge in [-0.15, -0.1) is 0 Å². The quantitative estimate of drug-likeness (QED) is 0.0262. The maximum absolute atomic E-state index is 12.8. The first kappa shape index (κ1) is 63.4. The van der Waals surface area contributed by atoms with Crippen molar-refractivity contribution in [1.29, 1.82) is 0 Å². The molecule has 0 amide bonds. The molecule has 6 nitrogen and oxygen atoms in total. The molecule has 0 unspecified atom stereocenters. The molecule has 0 aliphatic rings. The van der Waals surface area contributed by atoms with Crippen molar-refractivity contribution in [3.05, 3.63) is 48.6 Å². The monoisotopic (exact) mass is 925 g/mol. The predicted molar refractivity (Wildman–Crippen MR) is 284 cm³/mol. The van der Waals surface area contributed by atoms with Gasteiger partial charge >= 0.3 is 17.9 Å². The third kappa shape index (κ3) is 52.3. The molecule has 0 bridgehead atoms. The van der Waals surface area contributed by atoms with Gasteiger partial charge in [-0.3, -0.25) is 14.4 Å². The van der Waals surface area contributed by atoms with Crippen LogP contribution in [0.25, 0.3) is 0 Å². The lowest BCUT2D eigenvalue weighted by atomic mass is 10.0. The van der Waals surface area contributed by atoms with E-state index < -0.39 is 6.10 Å². The molecule has 1 atom stereocenters. The summed E-state index contributed by atoms with van der Waals surface area (Å²) >= 11 is 0. The van der Waals surface area contributed by atoms with Gasteiger partial charge in [0.2, 0.25) is 0 Å². The Morgan fingerprint density at radius 3 is 0.939 bits per heavy atom. The van der Waals surface area contributed by atoms with Gasteiger partial charge in [-0.1, -0.05) is 249 Å². The SMILES string of the molecule is CC/C=C\C/C=C\C/C=C\CCCCCCCC(=O)O[C@@H](COC(=O)CCCCCCCCCCC/C=C\CCCCCCCC)COC(=O)CCCCCCCCCCCCCCCC. The smallest absolute Gasteiger partial charge is 0.306 e. The van der Waals surface area contributed by atoms with Crippen molar-refractivity contribution in [2.24, 2.45) is 0 Å². The molecule has 0 aromatic carbocycles. The highest BCUT2D eigenvalue weighted by Gasteiger charge is 2.19. The highest BCUT2D eigenvalue weighted by molar-refractivity contribution is 5.71. The molecule has 0 aromatic heterocycles. The molecule has 0 radical (unpaired) electrons. The van der Waals surface area contributed by atoms with E-state index >= 15 is 0 Å². The van der Waals surface area contributed by atoms with Gasteiger partial charge in [0.15, 0.2) is 6.10 Å². The summed E-state index contributed by atoms with van der Waals surface area (Å²) in [6, 6.07) is 0. The highest BCUT2D eigenvalue weighted by atomic mass is 16.6. The minimum Gasteiger partial charge on any atom is -0.462 e. The van der Waals surface area contributed by atoms with E-state index in [9.17, 15) is 14.4 Å². The number of carbonyl (C=O) groups excluding carboxylic acids is 3. The van der Waals surface area contributed by atoms with Gasteiger partial charge in [-0.2, -0.15) is 0 Å². The number of carbonyl (C=O) groups is 3. The zero-order valence-corrected chi connectivity index (χ0v) is 44.0. The first-order valence-electron chi connectivity index (χ1n) is 28.6. The van der Waals surface area contributed by atoms with Crippen LogP contribution in [0.3, 0.4) is 0 Å². The normalized spacial score (nSPS) is 12.3. The summed E-state index contributed by atoms with van der Waals surface area (Å²) in [6.07, 6.45) is 66.7. The molecule has 6 heteroatoms. The lowest BCUT2D eigenvalue weighted by molar-refractivity contribution is -0.167. The molecular weight excluding hydrogens is 817 g/mol. The van der Waals surface area contributed by atoms with Crippen LogP contribution in [0.5, 0.6) is 0 Å². The van der Waals surface area contributed by atoms with Crippen LogP contribution in [-0.4, -0.2) is 37.2 Å². The van der Waals surface area contributed by atoms with Crippen LogP contribution >= 0.6 is 0 Å². The van der Waals surface area contributed by atoms with E-state index in [4.69, 9.17) is 14.2 Å². The van der Waals surface area contributed by atoms with Crippen LogP contribution in [0.4, 0.5) is 0 Å². The Kier molecular flexibility index (Phi) is 52.8. The second-order valence-electron chi connectivity index (χ2n) is 19.2. The molecule has 0 aliphatic carbocycles. The topological polar surface area (TPSA) is 78.9 Å². The van der Waals surface area contributed by atoms with Crippen molar-refractivity contribution in [2.45, 2.75) is 303 Å². The van der Waals surface area contributed by atoms with E-state index in [1.807, 2.05) is 0 Å². The van der Waals surface area contributed by atoms with Gasteiger partial charge in [0, 0.05) is 19.3 Å². The number of unbranched alkanes of at least 4 members (excludes halogenated alkanes) is 33. The average Bonchev–Trinajstić information content (AvgIpc) is 3.31. The number of esters is 3. The van der Waals surface area contributed by atoms with Crippen LogP contribution in [0.1, 0.15) is 297 Å². The Morgan fingerprint density at radius 1 is 0.318 bits per heavy atom. The predicted octanol–water partition coefficient (Wildman–Crippen LogP) is 19.0. The van der Waals surface area contributed by atoms with Crippen molar-refractivity contribution >= 4 is 17.9 Å². The van der Waals surface area contributed by atoms with E-state index in [-0.39, 0.29) is 31.1 Å². The molecule has 384 valence electrons. The highest BCUT2D eigenvalue weighted by Crippen LogP contribution is 2.16. The van der Waals surface area contributed by atoms with Crippen LogP contribution in [-0.2, 0) is 28.6 Å². The number of rotatable bonds is 52. The van der Waals surface area contributed by atoms with Crippen LogP contribution in [0.2, 0.25) is 0 Å². The summed E-state index contributed by atoms with van der Waals surface area (Å²) in [5, 5.41) is 0. The van der Waals surface area contributed by atoms with Crippen molar-refractivity contribution in [1.82, 2.24) is 0 Å². The minimum absolute atomic E-state index is 0.0778. The van der Waals surface area contributed by atoms with Crippen molar-refractivity contribution < 1.29 is 28.6 Å². The van der Waals surface area contributed by atoms with Gasteiger partial charge in [-0.05, 0) is 77.0 Å².